The number of anilines is 2. The van der Waals surface area contributed by atoms with Crippen LogP contribution in [-0.4, -0.2) is 62.0 Å². The van der Waals surface area contributed by atoms with Crippen LogP contribution in [0.4, 0.5) is 11.6 Å². The minimum atomic E-state index is -3.51. The van der Waals surface area contributed by atoms with Crippen molar-refractivity contribution < 1.29 is 8.42 Å². The first-order chi connectivity index (χ1) is 13.4. The molecule has 0 unspecified atom stereocenters. The van der Waals surface area contributed by atoms with Crippen molar-refractivity contribution in [3.05, 3.63) is 41.2 Å². The molecule has 0 saturated carbocycles. The first-order valence-corrected chi connectivity index (χ1v) is 11.4. The highest BCUT2D eigenvalue weighted by molar-refractivity contribution is 7.89. The number of hydrogen-bond donors (Lipinski definition) is 0. The zero-order chi connectivity index (χ0) is 19.7. The number of rotatable bonds is 4. The number of benzene rings is 1. The second-order valence-electron chi connectivity index (χ2n) is 7.17. The third-order valence-electron chi connectivity index (χ3n) is 5.26. The largest absolute Gasteiger partial charge is 0.356 e. The molecule has 2 aliphatic rings. The topological polar surface area (TPSA) is 69.6 Å². The summed E-state index contributed by atoms with van der Waals surface area (Å²) in [6, 6.07) is 8.35. The van der Waals surface area contributed by atoms with Crippen molar-refractivity contribution in [1.29, 1.82) is 0 Å². The lowest BCUT2D eigenvalue weighted by molar-refractivity contribution is 0.383. The van der Waals surface area contributed by atoms with Crippen LogP contribution in [0, 0.1) is 6.92 Å². The molecule has 2 fully saturated rings. The smallest absolute Gasteiger partial charge is 0.243 e. The molecule has 2 saturated heterocycles. The van der Waals surface area contributed by atoms with Gasteiger partial charge < -0.3 is 9.80 Å². The average Bonchev–Trinajstić information content (AvgIpc) is 3.23. The summed E-state index contributed by atoms with van der Waals surface area (Å²) in [5.74, 6) is 2.59. The molecule has 0 spiro atoms. The van der Waals surface area contributed by atoms with Crippen molar-refractivity contribution in [3.63, 3.8) is 0 Å². The molecule has 0 aliphatic carbocycles. The van der Waals surface area contributed by atoms with Crippen molar-refractivity contribution in [2.75, 3.05) is 49.1 Å². The van der Waals surface area contributed by atoms with E-state index in [1.807, 2.05) is 13.0 Å². The summed E-state index contributed by atoms with van der Waals surface area (Å²) in [4.78, 5) is 13.9. The molecule has 0 amide bonds. The number of sulfonamides is 1. The van der Waals surface area contributed by atoms with Crippen LogP contribution in [0.15, 0.2) is 35.2 Å². The fourth-order valence-corrected chi connectivity index (χ4v) is 5.27. The standard InChI is InChI=1S/C19H24ClN5O2S/c1-15-21-18(23-8-2-3-9-23)14-19(22-15)24-10-12-25(13-11-24)28(26,27)17-6-4-16(20)5-7-17/h4-7,14H,2-3,8-13H2,1H3. The van der Waals surface area contributed by atoms with E-state index >= 15 is 0 Å². The average molecular weight is 422 g/mol. The molecular formula is C19H24ClN5O2S. The Labute approximate surface area is 171 Å². The second kappa shape index (κ2) is 7.85. The second-order valence-corrected chi connectivity index (χ2v) is 9.55. The van der Waals surface area contributed by atoms with E-state index in [-0.39, 0.29) is 4.90 Å². The van der Waals surface area contributed by atoms with Crippen LogP contribution in [0.5, 0.6) is 0 Å². The lowest BCUT2D eigenvalue weighted by Gasteiger charge is -2.35. The Hall–Kier alpha value is -1.90. The Kier molecular flexibility index (Phi) is 5.44. The summed E-state index contributed by atoms with van der Waals surface area (Å²) in [5.41, 5.74) is 0. The Morgan fingerprint density at radius 2 is 1.39 bits per heavy atom. The van der Waals surface area contributed by atoms with Crippen molar-refractivity contribution >= 4 is 33.3 Å². The maximum Gasteiger partial charge on any atom is 0.243 e. The van der Waals surface area contributed by atoms with Gasteiger partial charge in [-0.2, -0.15) is 4.31 Å². The van der Waals surface area contributed by atoms with Crippen LogP contribution in [0.2, 0.25) is 5.02 Å². The highest BCUT2D eigenvalue weighted by Gasteiger charge is 2.29. The van der Waals surface area contributed by atoms with E-state index in [2.05, 4.69) is 19.8 Å². The predicted octanol–water partition coefficient (Wildman–Crippen LogP) is 2.55. The van der Waals surface area contributed by atoms with Crippen molar-refractivity contribution in [1.82, 2.24) is 14.3 Å². The highest BCUT2D eigenvalue weighted by atomic mass is 35.5. The van der Waals surface area contributed by atoms with Gasteiger partial charge in [0, 0.05) is 50.4 Å². The van der Waals surface area contributed by atoms with Gasteiger partial charge in [0.2, 0.25) is 10.0 Å². The zero-order valence-electron chi connectivity index (χ0n) is 15.9. The molecule has 0 atom stereocenters. The number of aromatic nitrogens is 2. The Bertz CT molecular complexity index is 937. The molecule has 4 rings (SSSR count). The summed E-state index contributed by atoms with van der Waals surface area (Å²) in [5, 5.41) is 0.525. The molecule has 2 aliphatic heterocycles. The van der Waals surface area contributed by atoms with Gasteiger partial charge in [0.25, 0.3) is 0 Å². The summed E-state index contributed by atoms with van der Waals surface area (Å²) in [6.45, 7) is 6.02. The lowest BCUT2D eigenvalue weighted by atomic mass is 10.3. The van der Waals surface area contributed by atoms with E-state index in [1.54, 1.807) is 24.3 Å². The molecule has 2 aromatic rings. The lowest BCUT2D eigenvalue weighted by Crippen LogP contribution is -2.49. The van der Waals surface area contributed by atoms with Crippen LogP contribution >= 0.6 is 11.6 Å². The Morgan fingerprint density at radius 3 is 1.96 bits per heavy atom. The van der Waals surface area contributed by atoms with E-state index in [1.165, 1.54) is 17.1 Å². The van der Waals surface area contributed by atoms with Crippen LogP contribution in [0.25, 0.3) is 0 Å². The van der Waals surface area contributed by atoms with Gasteiger partial charge in [0.15, 0.2) is 0 Å². The van der Waals surface area contributed by atoms with Crippen LogP contribution in [0.1, 0.15) is 18.7 Å². The minimum Gasteiger partial charge on any atom is -0.356 e. The fraction of sp³-hybridized carbons (Fsp3) is 0.474. The maximum absolute atomic E-state index is 12.9. The monoisotopic (exact) mass is 421 g/mol. The normalized spacial score (nSPS) is 18.6. The van der Waals surface area contributed by atoms with Crippen LogP contribution < -0.4 is 9.80 Å². The molecule has 0 bridgehead atoms. The summed E-state index contributed by atoms with van der Waals surface area (Å²) in [7, 11) is -3.51. The van der Waals surface area contributed by atoms with E-state index in [9.17, 15) is 8.42 Å². The molecule has 150 valence electrons. The number of nitrogens with zero attached hydrogens (tertiary/aromatic N) is 5. The van der Waals surface area contributed by atoms with Gasteiger partial charge in [-0.3, -0.25) is 0 Å². The van der Waals surface area contributed by atoms with Gasteiger partial charge in [-0.25, -0.2) is 18.4 Å². The highest BCUT2D eigenvalue weighted by Crippen LogP contribution is 2.25. The SMILES string of the molecule is Cc1nc(N2CCCC2)cc(N2CCN(S(=O)(=O)c3ccc(Cl)cc3)CC2)n1. The fourth-order valence-electron chi connectivity index (χ4n) is 3.72. The van der Waals surface area contributed by atoms with Gasteiger partial charge in [-0.15, -0.1) is 0 Å². The number of aryl methyl sites for hydroxylation is 1. The Balaban J connectivity index is 1.47. The minimum absolute atomic E-state index is 0.277. The summed E-state index contributed by atoms with van der Waals surface area (Å²) in [6.07, 6.45) is 2.39. The number of halogens is 1. The van der Waals surface area contributed by atoms with E-state index < -0.39 is 10.0 Å². The van der Waals surface area contributed by atoms with E-state index in [0.717, 1.165) is 30.5 Å². The number of hydrogen-bond acceptors (Lipinski definition) is 6. The van der Waals surface area contributed by atoms with Crippen molar-refractivity contribution in [2.24, 2.45) is 0 Å². The van der Waals surface area contributed by atoms with E-state index in [0.29, 0.717) is 31.2 Å². The molecular weight excluding hydrogens is 398 g/mol. The van der Waals surface area contributed by atoms with Gasteiger partial charge in [0.05, 0.1) is 4.90 Å². The van der Waals surface area contributed by atoms with Gasteiger partial charge >= 0.3 is 0 Å². The molecule has 0 N–H and O–H groups in total. The molecule has 0 radical (unpaired) electrons. The van der Waals surface area contributed by atoms with Gasteiger partial charge in [-0.05, 0) is 44.0 Å². The molecule has 7 nitrogen and oxygen atoms in total. The molecule has 28 heavy (non-hydrogen) atoms. The van der Waals surface area contributed by atoms with Crippen LogP contribution in [0.3, 0.4) is 0 Å². The molecule has 9 heteroatoms. The first kappa shape index (κ1) is 19.4. The quantitative estimate of drug-likeness (QED) is 0.755. The van der Waals surface area contributed by atoms with Gasteiger partial charge in [-0.1, -0.05) is 11.6 Å². The summed E-state index contributed by atoms with van der Waals surface area (Å²) < 4.78 is 27.2. The van der Waals surface area contributed by atoms with Gasteiger partial charge in [0.1, 0.15) is 17.5 Å². The maximum atomic E-state index is 12.9. The third-order valence-corrected chi connectivity index (χ3v) is 7.42. The predicted molar refractivity (Wildman–Crippen MR) is 111 cm³/mol. The molecule has 1 aromatic heterocycles. The summed E-state index contributed by atoms with van der Waals surface area (Å²) >= 11 is 5.88. The third kappa shape index (κ3) is 3.94. The van der Waals surface area contributed by atoms with Crippen LogP contribution in [-0.2, 0) is 10.0 Å². The van der Waals surface area contributed by atoms with E-state index in [4.69, 9.17) is 11.6 Å². The Morgan fingerprint density at radius 1 is 0.857 bits per heavy atom. The van der Waals surface area contributed by atoms with Crippen molar-refractivity contribution in [3.8, 4) is 0 Å². The first-order valence-electron chi connectivity index (χ1n) is 9.55. The molecule has 1 aromatic carbocycles. The zero-order valence-corrected chi connectivity index (χ0v) is 17.5. The number of piperazine rings is 1. The molecule has 3 heterocycles. The van der Waals surface area contributed by atoms with Crippen molar-refractivity contribution in [2.45, 2.75) is 24.7 Å².